The van der Waals surface area contributed by atoms with Gasteiger partial charge in [-0.15, -0.1) is 0 Å². The summed E-state index contributed by atoms with van der Waals surface area (Å²) in [7, 11) is 0. The molecular formula is C32H21NO6. The largest absolute Gasteiger partial charge is 0.450 e. The highest BCUT2D eigenvalue weighted by Crippen LogP contribution is 2.41. The van der Waals surface area contributed by atoms with Gasteiger partial charge in [-0.1, -0.05) is 72.8 Å². The van der Waals surface area contributed by atoms with E-state index in [9.17, 15) is 19.7 Å². The predicted molar refractivity (Wildman–Crippen MR) is 147 cm³/mol. The number of esters is 2. The van der Waals surface area contributed by atoms with Crippen LogP contribution >= 0.6 is 0 Å². The summed E-state index contributed by atoms with van der Waals surface area (Å²) in [6.45, 7) is 0. The smallest absolute Gasteiger partial charge is 0.338 e. The van der Waals surface area contributed by atoms with E-state index in [4.69, 9.17) is 9.47 Å². The number of hydrogen-bond acceptors (Lipinski definition) is 6. The molecule has 0 bridgehead atoms. The average Bonchev–Trinajstić information content (AvgIpc) is 2.98. The molecule has 5 aromatic rings. The molecule has 39 heavy (non-hydrogen) atoms. The van der Waals surface area contributed by atoms with Crippen LogP contribution in [0.15, 0.2) is 109 Å². The van der Waals surface area contributed by atoms with Crippen LogP contribution < -0.4 is 0 Å². The van der Waals surface area contributed by atoms with E-state index in [1.807, 2.05) is 24.3 Å². The summed E-state index contributed by atoms with van der Waals surface area (Å²) in [4.78, 5) is 37.6. The van der Waals surface area contributed by atoms with E-state index in [1.54, 1.807) is 91.0 Å². The summed E-state index contributed by atoms with van der Waals surface area (Å²) < 4.78 is 11.8. The van der Waals surface area contributed by atoms with Crippen LogP contribution in [0.3, 0.4) is 0 Å². The zero-order valence-electron chi connectivity index (χ0n) is 20.5. The lowest BCUT2D eigenvalue weighted by atomic mass is 9.87. The Balaban J connectivity index is 1.48. The fraction of sp³-hybridized carbons (Fsp3) is 0.0625. The number of nitro benzene ring substituents is 1. The summed E-state index contributed by atoms with van der Waals surface area (Å²) in [5.74, 6) is -1.14. The topological polar surface area (TPSA) is 95.7 Å². The minimum atomic E-state index is -0.972. The average molecular weight is 516 g/mol. The summed E-state index contributed by atoms with van der Waals surface area (Å²) in [6.07, 6.45) is 1.55. The van der Waals surface area contributed by atoms with Gasteiger partial charge < -0.3 is 9.47 Å². The summed E-state index contributed by atoms with van der Waals surface area (Å²) in [6, 6.07) is 29.5. The molecule has 7 heteroatoms. The van der Waals surface area contributed by atoms with Gasteiger partial charge in [0.05, 0.1) is 21.4 Å². The highest BCUT2D eigenvalue weighted by Gasteiger charge is 2.34. The van der Waals surface area contributed by atoms with Crippen molar-refractivity contribution in [1.29, 1.82) is 0 Å². The third kappa shape index (κ3) is 4.40. The Morgan fingerprint density at radius 3 is 1.87 bits per heavy atom. The number of carbonyl (C=O) groups is 2. The van der Waals surface area contributed by atoms with Crippen molar-refractivity contribution in [2.45, 2.75) is 12.2 Å². The number of rotatable bonds is 5. The first-order valence-corrected chi connectivity index (χ1v) is 12.3. The minimum absolute atomic E-state index is 0.0182. The lowest BCUT2D eigenvalue weighted by Crippen LogP contribution is -2.30. The van der Waals surface area contributed by atoms with Crippen LogP contribution in [-0.2, 0) is 9.47 Å². The lowest BCUT2D eigenvalue weighted by molar-refractivity contribution is -0.382. The minimum Gasteiger partial charge on any atom is -0.450 e. The molecule has 0 radical (unpaired) electrons. The van der Waals surface area contributed by atoms with Crippen LogP contribution in [0.1, 0.15) is 37.9 Å². The number of carbonyl (C=O) groups excluding carboxylic acids is 2. The predicted octanol–water partition coefficient (Wildman–Crippen LogP) is 7.05. The summed E-state index contributed by atoms with van der Waals surface area (Å²) >= 11 is 0. The first kappa shape index (κ1) is 24.1. The lowest BCUT2D eigenvalue weighted by Gasteiger charge is -2.30. The van der Waals surface area contributed by atoms with Crippen LogP contribution in [0.5, 0.6) is 0 Å². The Labute approximate surface area is 223 Å². The van der Waals surface area contributed by atoms with Gasteiger partial charge in [0, 0.05) is 11.6 Å². The number of nitrogens with zero attached hydrogens (tertiary/aromatic N) is 1. The Morgan fingerprint density at radius 1 is 0.667 bits per heavy atom. The van der Waals surface area contributed by atoms with Gasteiger partial charge in [-0.2, -0.15) is 0 Å². The monoisotopic (exact) mass is 515 g/mol. The van der Waals surface area contributed by atoms with E-state index in [0.29, 0.717) is 33.0 Å². The number of nitro groups is 1. The van der Waals surface area contributed by atoms with Crippen molar-refractivity contribution in [3.63, 3.8) is 0 Å². The van der Waals surface area contributed by atoms with Gasteiger partial charge in [0.2, 0.25) is 0 Å². The highest BCUT2D eigenvalue weighted by atomic mass is 16.6. The van der Waals surface area contributed by atoms with Crippen molar-refractivity contribution in [3.8, 4) is 0 Å². The van der Waals surface area contributed by atoms with Crippen LogP contribution in [0.2, 0.25) is 0 Å². The molecule has 0 saturated heterocycles. The SMILES string of the molecule is O=C(O[C@@H]1c2ccc3c(cc([N+](=O)[O-])c4ccccc43)c2C=C[C@H]1OC(=O)c1ccccc1)c1ccccc1. The van der Waals surface area contributed by atoms with E-state index in [0.717, 1.165) is 10.8 Å². The zero-order valence-corrected chi connectivity index (χ0v) is 20.5. The van der Waals surface area contributed by atoms with Crippen molar-refractivity contribution < 1.29 is 24.0 Å². The van der Waals surface area contributed by atoms with Gasteiger partial charge in [0.15, 0.2) is 12.2 Å². The highest BCUT2D eigenvalue weighted by molar-refractivity contribution is 6.14. The van der Waals surface area contributed by atoms with Crippen molar-refractivity contribution in [2.24, 2.45) is 0 Å². The molecule has 0 aliphatic heterocycles. The molecule has 0 amide bonds. The maximum absolute atomic E-state index is 13.1. The summed E-state index contributed by atoms with van der Waals surface area (Å²) in [5.41, 5.74) is 1.95. The molecule has 190 valence electrons. The Hall–Kier alpha value is -5.30. The number of fused-ring (bicyclic) bond motifs is 5. The molecule has 6 rings (SSSR count). The first-order valence-electron chi connectivity index (χ1n) is 12.3. The Morgan fingerprint density at radius 2 is 1.23 bits per heavy atom. The van der Waals surface area contributed by atoms with E-state index in [-0.39, 0.29) is 5.69 Å². The van der Waals surface area contributed by atoms with Crippen molar-refractivity contribution >= 4 is 45.2 Å². The maximum Gasteiger partial charge on any atom is 0.338 e. The molecule has 0 spiro atoms. The third-order valence-corrected chi connectivity index (χ3v) is 6.85. The van der Waals surface area contributed by atoms with E-state index in [1.165, 1.54) is 0 Å². The van der Waals surface area contributed by atoms with Crippen molar-refractivity contribution in [2.75, 3.05) is 0 Å². The van der Waals surface area contributed by atoms with Gasteiger partial charge in [0.25, 0.3) is 5.69 Å². The van der Waals surface area contributed by atoms with Crippen LogP contribution in [0, 0.1) is 10.1 Å². The molecule has 0 aromatic heterocycles. The molecular weight excluding hydrogens is 494 g/mol. The molecule has 7 nitrogen and oxygen atoms in total. The zero-order chi connectivity index (χ0) is 26.9. The van der Waals surface area contributed by atoms with E-state index < -0.39 is 29.1 Å². The Bertz CT molecular complexity index is 1780. The Kier molecular flexibility index (Phi) is 6.09. The first-order chi connectivity index (χ1) is 19.0. The normalized spacial score (nSPS) is 16.0. The van der Waals surface area contributed by atoms with Gasteiger partial charge in [0.1, 0.15) is 0 Å². The fourth-order valence-corrected chi connectivity index (χ4v) is 5.01. The van der Waals surface area contributed by atoms with Gasteiger partial charge in [-0.05, 0) is 58.1 Å². The molecule has 5 aromatic carbocycles. The number of ether oxygens (including phenoxy) is 2. The number of benzene rings is 5. The standard InChI is InChI=1S/C32H21NO6/c34-31(20-9-3-1-4-10-20)38-29-18-17-24-26(30(29)39-32(35)21-11-5-2-6-12-21)16-15-23-22-13-7-8-14-25(22)28(33(36)37)19-27(23)24/h1-19,29-30H/t29-,30-/m1/s1. The molecule has 1 aliphatic carbocycles. The fourth-order valence-electron chi connectivity index (χ4n) is 5.01. The molecule has 0 heterocycles. The second kappa shape index (κ2) is 9.87. The third-order valence-electron chi connectivity index (χ3n) is 6.85. The van der Waals surface area contributed by atoms with E-state index in [2.05, 4.69) is 0 Å². The second-order valence-electron chi connectivity index (χ2n) is 9.15. The van der Waals surface area contributed by atoms with Crippen molar-refractivity contribution in [3.05, 3.63) is 142 Å². The quantitative estimate of drug-likeness (QED) is 0.108. The number of hydrogen-bond donors (Lipinski definition) is 0. The molecule has 0 unspecified atom stereocenters. The van der Waals surface area contributed by atoms with E-state index >= 15 is 0 Å². The number of non-ortho nitro benzene ring substituents is 1. The molecule has 1 aliphatic rings. The van der Waals surface area contributed by atoms with Crippen molar-refractivity contribution in [1.82, 2.24) is 0 Å². The van der Waals surface area contributed by atoms with Crippen LogP contribution in [0.25, 0.3) is 27.6 Å². The summed E-state index contributed by atoms with van der Waals surface area (Å²) in [5, 5.41) is 14.7. The second-order valence-corrected chi connectivity index (χ2v) is 9.15. The van der Waals surface area contributed by atoms with Gasteiger partial charge in [-0.3, -0.25) is 10.1 Å². The molecule has 0 fully saturated rings. The van der Waals surface area contributed by atoms with Gasteiger partial charge >= 0.3 is 11.9 Å². The molecule has 2 atom stereocenters. The molecule has 0 N–H and O–H groups in total. The van der Waals surface area contributed by atoms with Crippen LogP contribution in [0.4, 0.5) is 5.69 Å². The molecule has 0 saturated carbocycles. The van der Waals surface area contributed by atoms with Crippen LogP contribution in [-0.4, -0.2) is 23.0 Å². The maximum atomic E-state index is 13.1. The van der Waals surface area contributed by atoms with Gasteiger partial charge in [-0.25, -0.2) is 9.59 Å².